The van der Waals surface area contributed by atoms with Crippen molar-refractivity contribution in [2.45, 2.75) is 54.3 Å². The van der Waals surface area contributed by atoms with Crippen molar-refractivity contribution >= 4 is 40.7 Å². The molecule has 216 valence electrons. The molecule has 1 fully saturated rings. The van der Waals surface area contributed by atoms with E-state index in [1.54, 1.807) is 0 Å². The Morgan fingerprint density at radius 2 is 1.20 bits per heavy atom. The second kappa shape index (κ2) is 15.4. The summed E-state index contributed by atoms with van der Waals surface area (Å²) in [5, 5.41) is 11.9. The zero-order chi connectivity index (χ0) is 29.1. The molecule has 1 N–H and O–H groups in total. The molecule has 0 bridgehead atoms. The minimum Gasteiger partial charge on any atom is -0.445 e. The topological polar surface area (TPSA) is 119 Å². The van der Waals surface area contributed by atoms with Crippen molar-refractivity contribution in [3.63, 3.8) is 0 Å². The van der Waals surface area contributed by atoms with Crippen molar-refractivity contribution in [3.05, 3.63) is 118 Å². The molecule has 41 heavy (non-hydrogen) atoms. The Bertz CT molecular complexity index is 1280. The molecule has 12 heteroatoms. The number of nitrogens with one attached hydrogen (secondary N) is 1. The number of alkyl halides is 3. The van der Waals surface area contributed by atoms with Gasteiger partial charge in [-0.1, -0.05) is 131 Å². The zero-order valence-corrected chi connectivity index (χ0v) is 24.2. The minimum atomic E-state index is -2.14. The first-order valence-electron chi connectivity index (χ1n) is 12.8. The molecule has 0 aliphatic carbocycles. The number of azide groups is 1. The van der Waals surface area contributed by atoms with Crippen molar-refractivity contribution in [1.29, 1.82) is 5.41 Å². The summed E-state index contributed by atoms with van der Waals surface area (Å²) >= 11 is 17.8. The Labute approximate surface area is 253 Å². The van der Waals surface area contributed by atoms with Crippen LogP contribution < -0.4 is 0 Å². The quantitative estimate of drug-likeness (QED) is 0.0577. The van der Waals surface area contributed by atoms with Gasteiger partial charge in [0.1, 0.15) is 18.3 Å². The fourth-order valence-corrected chi connectivity index (χ4v) is 4.42. The molecule has 5 atom stereocenters. The number of rotatable bonds is 12. The second-order valence-electron chi connectivity index (χ2n) is 9.18. The summed E-state index contributed by atoms with van der Waals surface area (Å²) in [4.78, 5) is 2.89. The molecule has 0 saturated carbocycles. The van der Waals surface area contributed by atoms with Gasteiger partial charge in [-0.3, -0.25) is 5.41 Å². The lowest BCUT2D eigenvalue weighted by atomic mass is 9.97. The smallest absolute Gasteiger partial charge is 0.265 e. The predicted octanol–water partition coefficient (Wildman–Crippen LogP) is 7.14. The van der Waals surface area contributed by atoms with Crippen molar-refractivity contribution in [2.75, 3.05) is 6.54 Å². The van der Waals surface area contributed by atoms with Crippen LogP contribution in [0, 0.1) is 5.41 Å². The highest BCUT2D eigenvalue weighted by Gasteiger charge is 2.50. The maximum atomic E-state index is 9.08. The van der Waals surface area contributed by atoms with Crippen LogP contribution >= 0.6 is 34.8 Å². The first kappa shape index (κ1) is 31.1. The summed E-state index contributed by atoms with van der Waals surface area (Å²) in [6.07, 6.45) is -4.58. The molecule has 3 aromatic rings. The Morgan fingerprint density at radius 1 is 0.756 bits per heavy atom. The fourth-order valence-electron chi connectivity index (χ4n) is 4.29. The highest BCUT2D eigenvalue weighted by atomic mass is 35.6. The van der Waals surface area contributed by atoms with E-state index < -0.39 is 40.4 Å². The summed E-state index contributed by atoms with van der Waals surface area (Å²) in [7, 11) is 0. The van der Waals surface area contributed by atoms with Gasteiger partial charge in [-0.2, -0.15) is 0 Å². The zero-order valence-electron chi connectivity index (χ0n) is 21.9. The summed E-state index contributed by atoms with van der Waals surface area (Å²) < 4.78 is 29.0. The normalized spacial score (nSPS) is 22.5. The predicted molar refractivity (Wildman–Crippen MR) is 157 cm³/mol. The van der Waals surface area contributed by atoms with E-state index in [4.69, 9.17) is 69.4 Å². The molecule has 1 aliphatic rings. The molecule has 0 radical (unpaired) electrons. The third-order valence-electron chi connectivity index (χ3n) is 6.26. The van der Waals surface area contributed by atoms with Gasteiger partial charge in [0.05, 0.1) is 32.5 Å². The van der Waals surface area contributed by atoms with E-state index in [2.05, 4.69) is 10.0 Å². The standard InChI is InChI=1S/C29H29Cl3N4O5/c30-29(31,32)28(33)41-27-26(39-19-22-14-8-3-9-15-22)25(38-18-21-12-6-2-7-13-21)24(23(40-27)16-35-36-34)37-17-20-10-4-1-5-11-20/h1-15,23-27,33H,16-19H2/t23-,24-,25+,26-,27-/m1/s1. The largest absolute Gasteiger partial charge is 0.445 e. The lowest BCUT2D eigenvalue weighted by molar-refractivity contribution is -0.305. The van der Waals surface area contributed by atoms with Gasteiger partial charge >= 0.3 is 0 Å². The fraction of sp³-hybridized carbons (Fsp3) is 0.345. The van der Waals surface area contributed by atoms with Crippen LogP contribution in [0.1, 0.15) is 16.7 Å². The van der Waals surface area contributed by atoms with Crippen LogP contribution in [0.3, 0.4) is 0 Å². The molecule has 0 amide bonds. The average Bonchev–Trinajstić information content (AvgIpc) is 2.98. The van der Waals surface area contributed by atoms with E-state index in [0.717, 1.165) is 16.7 Å². The molecule has 1 aliphatic heterocycles. The molecular formula is C29H29Cl3N4O5. The summed E-state index contributed by atoms with van der Waals surface area (Å²) in [6, 6.07) is 28.7. The molecule has 4 rings (SSSR count). The molecule has 0 spiro atoms. The van der Waals surface area contributed by atoms with E-state index in [1.807, 2.05) is 91.0 Å². The number of hydrogen-bond donors (Lipinski definition) is 1. The van der Waals surface area contributed by atoms with Gasteiger partial charge in [0.15, 0.2) is 0 Å². The molecule has 9 nitrogen and oxygen atoms in total. The van der Waals surface area contributed by atoms with Gasteiger partial charge in [0, 0.05) is 4.91 Å². The average molecular weight is 620 g/mol. The Balaban J connectivity index is 1.68. The van der Waals surface area contributed by atoms with Crippen LogP contribution in [0.15, 0.2) is 96.1 Å². The molecule has 3 aromatic carbocycles. The van der Waals surface area contributed by atoms with Crippen molar-refractivity contribution in [2.24, 2.45) is 5.11 Å². The third-order valence-corrected chi connectivity index (χ3v) is 6.78. The van der Waals surface area contributed by atoms with E-state index in [-0.39, 0.29) is 26.4 Å². The lowest BCUT2D eigenvalue weighted by Gasteiger charge is -2.45. The monoisotopic (exact) mass is 618 g/mol. The van der Waals surface area contributed by atoms with Crippen LogP contribution in [-0.2, 0) is 43.5 Å². The van der Waals surface area contributed by atoms with Crippen LogP contribution in [-0.4, -0.2) is 46.9 Å². The molecular weight excluding hydrogens is 591 g/mol. The van der Waals surface area contributed by atoms with Gasteiger partial charge in [0.2, 0.25) is 12.2 Å². The number of halogens is 3. The number of hydrogen-bond acceptors (Lipinski definition) is 7. The summed E-state index contributed by atoms with van der Waals surface area (Å²) in [5.74, 6) is -0.659. The lowest BCUT2D eigenvalue weighted by Crippen LogP contribution is -2.62. The molecule has 1 heterocycles. The minimum absolute atomic E-state index is 0.104. The van der Waals surface area contributed by atoms with Crippen molar-refractivity contribution in [1.82, 2.24) is 0 Å². The first-order valence-corrected chi connectivity index (χ1v) is 13.9. The molecule has 1 saturated heterocycles. The van der Waals surface area contributed by atoms with Crippen molar-refractivity contribution in [3.8, 4) is 0 Å². The number of benzene rings is 3. The van der Waals surface area contributed by atoms with Crippen LogP contribution in [0.25, 0.3) is 10.4 Å². The van der Waals surface area contributed by atoms with Gasteiger partial charge in [-0.15, -0.1) is 0 Å². The molecule has 0 unspecified atom stereocenters. The van der Waals surface area contributed by atoms with E-state index in [1.165, 1.54) is 0 Å². The Morgan fingerprint density at radius 3 is 1.63 bits per heavy atom. The number of ether oxygens (including phenoxy) is 5. The van der Waals surface area contributed by atoms with E-state index >= 15 is 0 Å². The summed E-state index contributed by atoms with van der Waals surface area (Å²) in [6.45, 7) is 0.513. The van der Waals surface area contributed by atoms with Gasteiger partial charge in [0.25, 0.3) is 3.79 Å². The Kier molecular flexibility index (Phi) is 11.7. The summed E-state index contributed by atoms with van der Waals surface area (Å²) in [5.41, 5.74) is 11.8. The maximum Gasteiger partial charge on any atom is 0.265 e. The highest BCUT2D eigenvalue weighted by Crippen LogP contribution is 2.34. The highest BCUT2D eigenvalue weighted by molar-refractivity contribution is 6.76. The third kappa shape index (κ3) is 9.33. The van der Waals surface area contributed by atoms with Crippen LogP contribution in [0.2, 0.25) is 0 Å². The van der Waals surface area contributed by atoms with Crippen LogP contribution in [0.4, 0.5) is 0 Å². The van der Waals surface area contributed by atoms with Gasteiger partial charge in [-0.05, 0) is 22.2 Å². The van der Waals surface area contributed by atoms with Gasteiger partial charge < -0.3 is 23.7 Å². The van der Waals surface area contributed by atoms with Crippen LogP contribution in [0.5, 0.6) is 0 Å². The van der Waals surface area contributed by atoms with E-state index in [0.29, 0.717) is 0 Å². The second-order valence-corrected chi connectivity index (χ2v) is 11.5. The molecule has 0 aromatic heterocycles. The van der Waals surface area contributed by atoms with E-state index in [9.17, 15) is 0 Å². The SMILES string of the molecule is [N-]=[N+]=NC[C@H]1O[C@H](OC(=N)C(Cl)(Cl)Cl)[C@H](OCc2ccccc2)[C@@H](OCc2ccccc2)[C@@H]1OCc1ccccc1. The number of nitrogens with zero attached hydrogens (tertiary/aromatic N) is 3. The maximum absolute atomic E-state index is 9.08. The Hall–Kier alpha value is -2.85. The first-order chi connectivity index (χ1) is 19.8. The van der Waals surface area contributed by atoms with Crippen molar-refractivity contribution < 1.29 is 23.7 Å². The van der Waals surface area contributed by atoms with Gasteiger partial charge in [-0.25, -0.2) is 0 Å².